The number of hydrogen-bond acceptors (Lipinski definition) is 5. The average Bonchev–Trinajstić information content (AvgIpc) is 3.32. The number of nitrogens with zero attached hydrogens (tertiary/aromatic N) is 2. The SMILES string of the molecule is O=C(CN1CCN(C(=O)C2CNCCO2)CC1)NC1CC1. The van der Waals surface area contributed by atoms with E-state index in [-0.39, 0.29) is 17.9 Å². The van der Waals surface area contributed by atoms with Crippen molar-refractivity contribution in [3.63, 3.8) is 0 Å². The van der Waals surface area contributed by atoms with Gasteiger partial charge in [-0.25, -0.2) is 0 Å². The Labute approximate surface area is 125 Å². The first-order valence-corrected chi connectivity index (χ1v) is 7.85. The Hall–Kier alpha value is -1.18. The highest BCUT2D eigenvalue weighted by Gasteiger charge is 2.30. The van der Waals surface area contributed by atoms with Gasteiger partial charge in [0.2, 0.25) is 5.91 Å². The van der Waals surface area contributed by atoms with Crippen molar-refractivity contribution < 1.29 is 14.3 Å². The lowest BCUT2D eigenvalue weighted by Crippen LogP contribution is -2.56. The third-order valence-corrected chi connectivity index (χ3v) is 4.20. The van der Waals surface area contributed by atoms with Crippen LogP contribution in [0.1, 0.15) is 12.8 Å². The van der Waals surface area contributed by atoms with E-state index in [4.69, 9.17) is 4.74 Å². The minimum atomic E-state index is -0.344. The van der Waals surface area contributed by atoms with Crippen LogP contribution in [0.3, 0.4) is 0 Å². The lowest BCUT2D eigenvalue weighted by Gasteiger charge is -2.36. The van der Waals surface area contributed by atoms with Crippen molar-refractivity contribution in [2.45, 2.75) is 25.0 Å². The number of ether oxygens (including phenoxy) is 1. The van der Waals surface area contributed by atoms with Gasteiger partial charge in [-0.2, -0.15) is 0 Å². The van der Waals surface area contributed by atoms with Crippen LogP contribution in [0, 0.1) is 0 Å². The van der Waals surface area contributed by atoms with E-state index in [0.29, 0.717) is 38.8 Å². The molecule has 3 fully saturated rings. The van der Waals surface area contributed by atoms with Crippen molar-refractivity contribution in [1.82, 2.24) is 20.4 Å². The summed E-state index contributed by atoms with van der Waals surface area (Å²) in [6.45, 7) is 5.31. The Morgan fingerprint density at radius 3 is 2.57 bits per heavy atom. The first kappa shape index (κ1) is 14.7. The highest BCUT2D eigenvalue weighted by Crippen LogP contribution is 2.18. The van der Waals surface area contributed by atoms with Crippen molar-refractivity contribution in [1.29, 1.82) is 0 Å². The molecule has 1 saturated carbocycles. The van der Waals surface area contributed by atoms with Crippen molar-refractivity contribution in [3.8, 4) is 0 Å². The fraction of sp³-hybridized carbons (Fsp3) is 0.857. The van der Waals surface area contributed by atoms with E-state index < -0.39 is 0 Å². The summed E-state index contributed by atoms with van der Waals surface area (Å²) in [4.78, 5) is 28.0. The lowest BCUT2D eigenvalue weighted by molar-refractivity contribution is -0.147. The fourth-order valence-electron chi connectivity index (χ4n) is 2.76. The number of nitrogens with one attached hydrogen (secondary N) is 2. The zero-order valence-corrected chi connectivity index (χ0v) is 12.3. The molecule has 0 aromatic rings. The summed E-state index contributed by atoms with van der Waals surface area (Å²) >= 11 is 0. The largest absolute Gasteiger partial charge is 0.366 e. The van der Waals surface area contributed by atoms with Gasteiger partial charge >= 0.3 is 0 Å². The monoisotopic (exact) mass is 296 g/mol. The van der Waals surface area contributed by atoms with E-state index >= 15 is 0 Å². The maximum Gasteiger partial charge on any atom is 0.253 e. The van der Waals surface area contributed by atoms with Crippen LogP contribution >= 0.6 is 0 Å². The second-order valence-electron chi connectivity index (χ2n) is 6.01. The summed E-state index contributed by atoms with van der Waals surface area (Å²) in [5, 5.41) is 6.18. The van der Waals surface area contributed by atoms with Gasteiger partial charge in [0.05, 0.1) is 13.2 Å². The molecular weight excluding hydrogens is 272 g/mol. The van der Waals surface area contributed by atoms with E-state index in [9.17, 15) is 9.59 Å². The summed E-state index contributed by atoms with van der Waals surface area (Å²) in [7, 11) is 0. The van der Waals surface area contributed by atoms with Crippen molar-refractivity contribution >= 4 is 11.8 Å². The molecule has 0 aromatic heterocycles. The van der Waals surface area contributed by atoms with Gasteiger partial charge < -0.3 is 20.3 Å². The zero-order chi connectivity index (χ0) is 14.7. The van der Waals surface area contributed by atoms with Crippen LogP contribution in [0.2, 0.25) is 0 Å². The smallest absolute Gasteiger partial charge is 0.253 e. The highest BCUT2D eigenvalue weighted by atomic mass is 16.5. The molecule has 0 radical (unpaired) electrons. The average molecular weight is 296 g/mol. The molecule has 2 heterocycles. The normalized spacial score (nSPS) is 27.4. The quantitative estimate of drug-likeness (QED) is 0.653. The van der Waals surface area contributed by atoms with E-state index in [1.165, 1.54) is 0 Å². The zero-order valence-electron chi connectivity index (χ0n) is 12.3. The van der Waals surface area contributed by atoms with Crippen LogP contribution in [-0.4, -0.2) is 86.2 Å². The maximum absolute atomic E-state index is 12.3. The minimum absolute atomic E-state index is 0.0734. The second kappa shape index (κ2) is 6.72. The standard InChI is InChI=1S/C14H24N4O3/c19-13(16-11-1-2-11)10-17-4-6-18(7-5-17)14(20)12-9-15-3-8-21-12/h11-12,15H,1-10H2,(H,16,19). The molecule has 7 nitrogen and oxygen atoms in total. The van der Waals surface area contributed by atoms with Crippen molar-refractivity contribution in [2.24, 2.45) is 0 Å². The first-order chi connectivity index (χ1) is 10.2. The Morgan fingerprint density at radius 2 is 1.95 bits per heavy atom. The molecule has 118 valence electrons. The Morgan fingerprint density at radius 1 is 1.19 bits per heavy atom. The van der Waals surface area contributed by atoms with Gasteiger partial charge in [-0.3, -0.25) is 14.5 Å². The summed E-state index contributed by atoms with van der Waals surface area (Å²) in [6.07, 6.45) is 1.89. The highest BCUT2D eigenvalue weighted by molar-refractivity contribution is 5.81. The molecule has 3 rings (SSSR count). The van der Waals surface area contributed by atoms with Gasteiger partial charge in [0, 0.05) is 45.3 Å². The van der Waals surface area contributed by atoms with E-state index in [1.807, 2.05) is 4.90 Å². The third-order valence-electron chi connectivity index (χ3n) is 4.20. The Kier molecular flexibility index (Phi) is 4.72. The molecule has 2 saturated heterocycles. The molecular formula is C14H24N4O3. The molecule has 2 aliphatic heterocycles. The molecule has 2 N–H and O–H groups in total. The molecule has 0 bridgehead atoms. The number of rotatable bonds is 4. The van der Waals surface area contributed by atoms with Crippen LogP contribution < -0.4 is 10.6 Å². The van der Waals surface area contributed by atoms with Crippen LogP contribution in [0.25, 0.3) is 0 Å². The Balaban J connectivity index is 1.39. The van der Waals surface area contributed by atoms with Gasteiger partial charge in [0.1, 0.15) is 6.10 Å². The third kappa shape index (κ3) is 4.15. The van der Waals surface area contributed by atoms with Crippen molar-refractivity contribution in [3.05, 3.63) is 0 Å². The molecule has 1 atom stereocenters. The molecule has 1 aliphatic carbocycles. The van der Waals surface area contributed by atoms with Crippen LogP contribution in [0.5, 0.6) is 0 Å². The van der Waals surface area contributed by atoms with Crippen LogP contribution in [0.4, 0.5) is 0 Å². The van der Waals surface area contributed by atoms with Crippen molar-refractivity contribution in [2.75, 3.05) is 52.4 Å². The van der Waals surface area contributed by atoms with Gasteiger partial charge in [0.25, 0.3) is 5.91 Å². The van der Waals surface area contributed by atoms with Gasteiger partial charge in [0.15, 0.2) is 0 Å². The van der Waals surface area contributed by atoms with E-state index in [0.717, 1.165) is 32.5 Å². The van der Waals surface area contributed by atoms with Gasteiger partial charge in [-0.1, -0.05) is 0 Å². The molecule has 21 heavy (non-hydrogen) atoms. The first-order valence-electron chi connectivity index (χ1n) is 7.85. The Bertz CT molecular complexity index is 386. The predicted molar refractivity (Wildman–Crippen MR) is 76.8 cm³/mol. The van der Waals surface area contributed by atoms with Crippen LogP contribution in [-0.2, 0) is 14.3 Å². The molecule has 0 spiro atoms. The predicted octanol–water partition coefficient (Wildman–Crippen LogP) is -1.60. The molecule has 3 aliphatic rings. The summed E-state index contributed by atoms with van der Waals surface area (Å²) in [5.41, 5.74) is 0. The number of carbonyl (C=O) groups excluding carboxylic acids is 2. The summed E-state index contributed by atoms with van der Waals surface area (Å²) in [6, 6.07) is 0.413. The summed E-state index contributed by atoms with van der Waals surface area (Å²) < 4.78 is 5.50. The van der Waals surface area contributed by atoms with Crippen LogP contribution in [0.15, 0.2) is 0 Å². The van der Waals surface area contributed by atoms with Gasteiger partial charge in [-0.05, 0) is 12.8 Å². The number of carbonyl (C=O) groups is 2. The molecule has 7 heteroatoms. The molecule has 1 unspecified atom stereocenters. The fourth-order valence-corrected chi connectivity index (χ4v) is 2.76. The maximum atomic E-state index is 12.3. The van der Waals surface area contributed by atoms with Gasteiger partial charge in [-0.15, -0.1) is 0 Å². The molecule has 2 amide bonds. The molecule has 0 aromatic carbocycles. The van der Waals surface area contributed by atoms with E-state index in [1.54, 1.807) is 0 Å². The number of hydrogen-bond donors (Lipinski definition) is 2. The van der Waals surface area contributed by atoms with E-state index in [2.05, 4.69) is 15.5 Å². The number of amides is 2. The lowest BCUT2D eigenvalue weighted by atomic mass is 10.2. The second-order valence-corrected chi connectivity index (χ2v) is 6.01. The number of piperazine rings is 1. The topological polar surface area (TPSA) is 73.9 Å². The number of morpholine rings is 1. The summed E-state index contributed by atoms with van der Waals surface area (Å²) in [5.74, 6) is 0.182. The minimum Gasteiger partial charge on any atom is -0.366 e.